The molecule has 0 aliphatic carbocycles. The lowest BCUT2D eigenvalue weighted by Gasteiger charge is -2.01. The molecule has 0 bridgehead atoms. The van der Waals surface area contributed by atoms with Gasteiger partial charge in [0, 0.05) is 6.20 Å². The number of ketones is 1. The van der Waals surface area contributed by atoms with Crippen LogP contribution in [-0.4, -0.2) is 22.3 Å². The van der Waals surface area contributed by atoms with Gasteiger partial charge in [-0.15, -0.1) is 0 Å². The third kappa shape index (κ3) is 3.05. The van der Waals surface area contributed by atoms with Crippen molar-refractivity contribution in [2.45, 2.75) is 6.92 Å². The maximum absolute atomic E-state index is 12.6. The summed E-state index contributed by atoms with van der Waals surface area (Å²) in [4.78, 5) is 17.0. The standard InChI is InChI=1S/C18H15BrN2O2/c1-12-17(21-11-3-4-15(19)18(21)20-12)16(22)10-7-13-5-8-14(23-2)9-6-13/h3-11H,1-2H3/b10-7+. The number of methoxy groups -OCH3 is 1. The highest BCUT2D eigenvalue weighted by Crippen LogP contribution is 2.21. The zero-order chi connectivity index (χ0) is 16.4. The molecule has 0 saturated heterocycles. The van der Waals surface area contributed by atoms with Crippen LogP contribution in [0.15, 0.2) is 53.1 Å². The van der Waals surface area contributed by atoms with Crippen LogP contribution >= 0.6 is 15.9 Å². The first kappa shape index (κ1) is 15.5. The van der Waals surface area contributed by atoms with Crippen LogP contribution in [0.1, 0.15) is 21.7 Å². The Balaban J connectivity index is 1.92. The van der Waals surface area contributed by atoms with Gasteiger partial charge in [0.15, 0.2) is 5.65 Å². The van der Waals surface area contributed by atoms with E-state index in [9.17, 15) is 4.79 Å². The van der Waals surface area contributed by atoms with Gasteiger partial charge in [0.1, 0.15) is 11.4 Å². The molecule has 0 fully saturated rings. The van der Waals surface area contributed by atoms with E-state index in [1.807, 2.05) is 49.5 Å². The van der Waals surface area contributed by atoms with E-state index in [1.54, 1.807) is 23.7 Å². The van der Waals surface area contributed by atoms with Gasteiger partial charge in [-0.05, 0) is 58.8 Å². The van der Waals surface area contributed by atoms with E-state index >= 15 is 0 Å². The second-order valence-electron chi connectivity index (χ2n) is 5.07. The summed E-state index contributed by atoms with van der Waals surface area (Å²) >= 11 is 3.46. The lowest BCUT2D eigenvalue weighted by atomic mass is 10.1. The number of ether oxygens (including phenoxy) is 1. The third-order valence-corrected chi connectivity index (χ3v) is 4.17. The molecule has 1 aromatic carbocycles. The molecular formula is C18H15BrN2O2. The van der Waals surface area contributed by atoms with Crippen molar-refractivity contribution in [1.29, 1.82) is 0 Å². The van der Waals surface area contributed by atoms with Gasteiger partial charge in [-0.2, -0.15) is 0 Å². The molecule has 116 valence electrons. The summed E-state index contributed by atoms with van der Waals surface area (Å²) in [6.45, 7) is 1.84. The first-order valence-corrected chi connectivity index (χ1v) is 7.89. The van der Waals surface area contributed by atoms with Gasteiger partial charge in [0.2, 0.25) is 5.78 Å². The van der Waals surface area contributed by atoms with Crippen LogP contribution < -0.4 is 4.74 Å². The average molecular weight is 371 g/mol. The van der Waals surface area contributed by atoms with E-state index in [2.05, 4.69) is 20.9 Å². The Morgan fingerprint density at radius 2 is 2.00 bits per heavy atom. The van der Waals surface area contributed by atoms with Gasteiger partial charge in [0.25, 0.3) is 0 Å². The van der Waals surface area contributed by atoms with Gasteiger partial charge in [0.05, 0.1) is 17.3 Å². The van der Waals surface area contributed by atoms with Crippen LogP contribution in [-0.2, 0) is 0 Å². The minimum Gasteiger partial charge on any atom is -0.497 e. The molecule has 0 N–H and O–H groups in total. The van der Waals surface area contributed by atoms with E-state index < -0.39 is 0 Å². The quantitative estimate of drug-likeness (QED) is 0.507. The van der Waals surface area contributed by atoms with Crippen LogP contribution in [0.2, 0.25) is 0 Å². The molecule has 4 nitrogen and oxygen atoms in total. The Morgan fingerprint density at radius 3 is 2.70 bits per heavy atom. The summed E-state index contributed by atoms with van der Waals surface area (Å²) < 4.78 is 7.79. The minimum atomic E-state index is -0.0797. The SMILES string of the molecule is COc1ccc(/C=C/C(=O)c2c(C)nc3c(Br)cccn23)cc1. The predicted molar refractivity (Wildman–Crippen MR) is 94.0 cm³/mol. The van der Waals surface area contributed by atoms with Crippen molar-refractivity contribution in [3.05, 3.63) is 70.1 Å². The van der Waals surface area contributed by atoms with Crippen molar-refractivity contribution in [3.63, 3.8) is 0 Å². The van der Waals surface area contributed by atoms with Crippen LogP contribution in [0.4, 0.5) is 0 Å². The number of benzene rings is 1. The largest absolute Gasteiger partial charge is 0.497 e. The van der Waals surface area contributed by atoms with Gasteiger partial charge >= 0.3 is 0 Å². The maximum Gasteiger partial charge on any atom is 0.204 e. The molecule has 2 heterocycles. The number of carbonyl (C=O) groups excluding carboxylic acids is 1. The Morgan fingerprint density at radius 1 is 1.26 bits per heavy atom. The number of hydrogen-bond donors (Lipinski definition) is 0. The number of aryl methyl sites for hydroxylation is 1. The third-order valence-electron chi connectivity index (χ3n) is 3.55. The molecule has 0 unspecified atom stereocenters. The van der Waals surface area contributed by atoms with E-state index in [-0.39, 0.29) is 5.78 Å². The monoisotopic (exact) mass is 370 g/mol. The van der Waals surface area contributed by atoms with E-state index in [0.717, 1.165) is 21.4 Å². The topological polar surface area (TPSA) is 43.6 Å². The van der Waals surface area contributed by atoms with Crippen LogP contribution in [0.3, 0.4) is 0 Å². The number of rotatable bonds is 4. The number of imidazole rings is 1. The molecule has 0 radical (unpaired) electrons. The highest BCUT2D eigenvalue weighted by molar-refractivity contribution is 9.10. The van der Waals surface area contributed by atoms with Crippen molar-refractivity contribution in [3.8, 4) is 5.75 Å². The van der Waals surface area contributed by atoms with Crippen molar-refractivity contribution in [2.75, 3.05) is 7.11 Å². The van der Waals surface area contributed by atoms with Crippen LogP contribution in [0.5, 0.6) is 5.75 Å². The second kappa shape index (κ2) is 6.38. The zero-order valence-electron chi connectivity index (χ0n) is 12.8. The number of hydrogen-bond acceptors (Lipinski definition) is 3. The molecule has 3 rings (SSSR count). The van der Waals surface area contributed by atoms with Gasteiger partial charge in [-0.25, -0.2) is 4.98 Å². The first-order chi connectivity index (χ1) is 11.1. The number of nitrogens with zero attached hydrogens (tertiary/aromatic N) is 2. The number of pyridine rings is 1. The van der Waals surface area contributed by atoms with Crippen molar-refractivity contribution >= 4 is 33.4 Å². The Hall–Kier alpha value is -2.40. The van der Waals surface area contributed by atoms with Gasteiger partial charge < -0.3 is 4.74 Å². The second-order valence-corrected chi connectivity index (χ2v) is 5.92. The first-order valence-electron chi connectivity index (χ1n) is 7.10. The summed E-state index contributed by atoms with van der Waals surface area (Å²) in [6.07, 6.45) is 5.20. The Labute approximate surface area is 142 Å². The molecule has 0 aliphatic rings. The highest BCUT2D eigenvalue weighted by atomic mass is 79.9. The molecule has 0 atom stereocenters. The fourth-order valence-corrected chi connectivity index (χ4v) is 2.84. The minimum absolute atomic E-state index is 0.0797. The molecule has 2 aromatic heterocycles. The van der Waals surface area contributed by atoms with Crippen LogP contribution in [0, 0.1) is 6.92 Å². The Kier molecular flexibility index (Phi) is 4.30. The van der Waals surface area contributed by atoms with E-state index in [0.29, 0.717) is 11.4 Å². The Bertz CT molecular complexity index is 895. The molecular weight excluding hydrogens is 356 g/mol. The van der Waals surface area contributed by atoms with Crippen molar-refractivity contribution < 1.29 is 9.53 Å². The van der Waals surface area contributed by atoms with Crippen molar-refractivity contribution in [1.82, 2.24) is 9.38 Å². The maximum atomic E-state index is 12.6. The summed E-state index contributed by atoms with van der Waals surface area (Å²) in [6, 6.07) is 11.3. The summed E-state index contributed by atoms with van der Waals surface area (Å²) in [5, 5.41) is 0. The summed E-state index contributed by atoms with van der Waals surface area (Å²) in [5.74, 6) is 0.708. The molecule has 0 saturated carbocycles. The fourth-order valence-electron chi connectivity index (χ4n) is 2.41. The highest BCUT2D eigenvalue weighted by Gasteiger charge is 2.15. The number of carbonyl (C=O) groups is 1. The molecule has 0 spiro atoms. The normalized spacial score (nSPS) is 11.3. The van der Waals surface area contributed by atoms with E-state index in [4.69, 9.17) is 4.74 Å². The van der Waals surface area contributed by atoms with Gasteiger partial charge in [-0.3, -0.25) is 9.20 Å². The smallest absolute Gasteiger partial charge is 0.204 e. The molecule has 23 heavy (non-hydrogen) atoms. The fraction of sp³-hybridized carbons (Fsp3) is 0.111. The van der Waals surface area contributed by atoms with Crippen LogP contribution in [0.25, 0.3) is 11.7 Å². The molecule has 3 aromatic rings. The number of halogens is 1. The van der Waals surface area contributed by atoms with Crippen molar-refractivity contribution in [2.24, 2.45) is 0 Å². The molecule has 0 aliphatic heterocycles. The molecule has 5 heteroatoms. The summed E-state index contributed by atoms with van der Waals surface area (Å²) in [5.41, 5.74) is 2.96. The number of allylic oxidation sites excluding steroid dienone is 1. The van der Waals surface area contributed by atoms with Gasteiger partial charge in [-0.1, -0.05) is 18.2 Å². The number of aromatic nitrogens is 2. The molecule has 0 amide bonds. The summed E-state index contributed by atoms with van der Waals surface area (Å²) in [7, 11) is 1.63. The lowest BCUT2D eigenvalue weighted by Crippen LogP contribution is -2.02. The van der Waals surface area contributed by atoms with E-state index in [1.165, 1.54) is 0 Å². The lowest BCUT2D eigenvalue weighted by molar-refractivity contribution is 0.104. The number of fused-ring (bicyclic) bond motifs is 1. The zero-order valence-corrected chi connectivity index (χ0v) is 14.4. The average Bonchev–Trinajstić information content (AvgIpc) is 2.91. The predicted octanol–water partition coefficient (Wildman–Crippen LogP) is 4.31.